The monoisotopic (exact) mass is 1850 g/mol. The molecule has 0 fully saturated rings. The van der Waals surface area contributed by atoms with Gasteiger partial charge in [-0.25, -0.2) is 47.7 Å². The Balaban J connectivity index is 0.000000203. The third-order valence-electron chi connectivity index (χ3n) is 17.4. The minimum absolute atomic E-state index is 0.0146. The average molecular weight is 1860 g/mol. The highest BCUT2D eigenvalue weighted by molar-refractivity contribution is 7.98. The normalized spacial score (nSPS) is 10.8. The van der Waals surface area contributed by atoms with E-state index in [1.165, 1.54) is 92.5 Å². The molecule has 654 valence electrons. The average Bonchev–Trinajstić information content (AvgIpc) is 0.754. The van der Waals surface area contributed by atoms with Crippen molar-refractivity contribution in [2.24, 2.45) is 0 Å². The second-order valence-electron chi connectivity index (χ2n) is 26.7. The molecule has 0 N–H and O–H groups in total. The summed E-state index contributed by atoms with van der Waals surface area (Å²) in [5.74, 6) is -6.20. The van der Waals surface area contributed by atoms with E-state index in [-0.39, 0.29) is 82.1 Å². The molecule has 14 aromatic rings. The van der Waals surface area contributed by atoms with Gasteiger partial charge >= 0.3 is 11.9 Å². The molecule has 0 amide bonds. The lowest BCUT2D eigenvalue weighted by Gasteiger charge is -2.17. The van der Waals surface area contributed by atoms with Gasteiger partial charge in [0.05, 0.1) is 69.2 Å². The third-order valence-corrected chi connectivity index (χ3v) is 29.4. The number of hydrogen-bond donors (Lipinski definition) is 0. The van der Waals surface area contributed by atoms with E-state index in [0.717, 1.165) is 19.1 Å². The summed E-state index contributed by atoms with van der Waals surface area (Å²) < 4.78 is 160. The van der Waals surface area contributed by atoms with Crippen LogP contribution >= 0.6 is 0 Å². The van der Waals surface area contributed by atoms with E-state index < -0.39 is 80.4 Å². The fraction of sp³-hybridized carbons (Fsp3) is 0.0693. The van der Waals surface area contributed by atoms with Gasteiger partial charge in [-0.1, -0.05) is 244 Å². The molecule has 127 heavy (non-hydrogen) atoms. The molecule has 0 unspecified atom stereocenters. The van der Waals surface area contributed by atoms with E-state index in [1.54, 1.807) is 6.92 Å². The molecule has 14 rings (SSSR count). The second-order valence-corrected chi connectivity index (χ2v) is 40.3. The molecule has 0 bridgehead atoms. The maximum absolute atomic E-state index is 13.8. The fourth-order valence-corrected chi connectivity index (χ4v) is 21.6. The summed E-state index contributed by atoms with van der Waals surface area (Å²) >= 11 is 0. The quantitative estimate of drug-likeness (QED) is 0.0161. The smallest absolute Gasteiger partial charge is 0.338 e. The second kappa shape index (κ2) is 50.9. The van der Waals surface area contributed by atoms with Crippen molar-refractivity contribution in [1.82, 2.24) is 0 Å². The van der Waals surface area contributed by atoms with Crippen LogP contribution in [0.25, 0.3) is 0 Å². The number of rotatable bonds is 21. The lowest BCUT2D eigenvalue weighted by molar-refractivity contribution is -0.131. The highest BCUT2D eigenvalue weighted by Gasteiger charge is 2.33. The number of esters is 2. The highest BCUT2D eigenvalue weighted by atomic mass is 32.2. The Bertz CT molecular complexity index is 5470. The van der Waals surface area contributed by atoms with Crippen molar-refractivity contribution in [2.75, 3.05) is 5.75 Å². The van der Waals surface area contributed by atoms with Crippen molar-refractivity contribution in [3.05, 3.63) is 459 Å². The minimum Gasteiger partial charge on any atom is -0.748 e. The maximum Gasteiger partial charge on any atom is 0.338 e. The van der Waals surface area contributed by atoms with Crippen LogP contribution in [0.2, 0.25) is 0 Å². The van der Waals surface area contributed by atoms with Gasteiger partial charge in [-0.3, -0.25) is 0 Å². The molecule has 0 saturated heterocycles. The molecular formula is C101H92F2O16S8. The Kier molecular flexibility index (Phi) is 40.8. The zero-order valence-corrected chi connectivity index (χ0v) is 76.6. The molecule has 0 spiro atoms. The van der Waals surface area contributed by atoms with Crippen LogP contribution < -0.4 is 9.47 Å². The molecule has 14 aromatic carbocycles. The van der Waals surface area contributed by atoms with Gasteiger partial charge in [0.1, 0.15) is 36.1 Å². The largest absolute Gasteiger partial charge is 0.748 e. The Morgan fingerprint density at radius 1 is 0.315 bits per heavy atom. The number of hydrogen-bond acceptors (Lipinski definition) is 16. The van der Waals surface area contributed by atoms with Crippen LogP contribution in [-0.2, 0) is 93.6 Å². The first-order valence-electron chi connectivity index (χ1n) is 38.5. The van der Waals surface area contributed by atoms with Gasteiger partial charge < -0.3 is 27.7 Å². The van der Waals surface area contributed by atoms with E-state index in [9.17, 15) is 70.3 Å². The molecule has 0 aliphatic rings. The van der Waals surface area contributed by atoms with Crippen LogP contribution in [0, 0.1) is 39.3 Å². The van der Waals surface area contributed by atoms with Crippen molar-refractivity contribution in [2.45, 2.75) is 110 Å². The highest BCUT2D eigenvalue weighted by Crippen LogP contribution is 2.38. The topological polar surface area (TPSA) is 281 Å². The minimum atomic E-state index is -5.19. The van der Waals surface area contributed by atoms with Gasteiger partial charge in [-0.15, -0.1) is 6.58 Å². The van der Waals surface area contributed by atoms with Crippen LogP contribution in [-0.4, -0.2) is 69.6 Å². The van der Waals surface area contributed by atoms with Crippen molar-refractivity contribution in [1.29, 1.82) is 0 Å². The third kappa shape index (κ3) is 33.0. The zero-order valence-electron chi connectivity index (χ0n) is 70.0. The van der Waals surface area contributed by atoms with Gasteiger partial charge in [0.25, 0.3) is 0 Å². The number of benzene rings is 14. The van der Waals surface area contributed by atoms with E-state index in [1.807, 2.05) is 0 Å². The van der Waals surface area contributed by atoms with E-state index in [2.05, 4.69) is 395 Å². The Labute approximate surface area is 755 Å². The number of carbonyl (C=O) groups is 2. The van der Waals surface area contributed by atoms with Gasteiger partial charge in [0.15, 0.2) is 70.3 Å². The first-order chi connectivity index (χ1) is 60.5. The molecule has 0 aliphatic carbocycles. The predicted molar refractivity (Wildman–Crippen MR) is 499 cm³/mol. The van der Waals surface area contributed by atoms with Crippen LogP contribution in [0.1, 0.15) is 36.1 Å². The fourth-order valence-electron chi connectivity index (χ4n) is 11.3. The lowest BCUT2D eigenvalue weighted by Crippen LogP contribution is -2.15. The number of carbonyl (C=O) groups excluding carboxylic acids is 2. The summed E-state index contributed by atoms with van der Waals surface area (Å²) in [5, 5.41) is 0.354. The van der Waals surface area contributed by atoms with E-state index >= 15 is 0 Å². The van der Waals surface area contributed by atoms with Gasteiger partial charge in [-0.05, 0) is 222 Å². The number of halogens is 2. The zero-order chi connectivity index (χ0) is 92.7. The van der Waals surface area contributed by atoms with E-state index in [4.69, 9.17) is 4.74 Å². The standard InChI is InChI=1S/4C18H15S.C12H12F2O5S.C12H14O5S.C3H6O3S.C2H4O3S/c4*1-4-10-16(11-5-1)19(17-12-6-2-7-13-17)18-14-8-3-9-15-18;1-5(2)12(15)19-10-6(3)7(4)11(20(16,17)18)9(14)8(10)13;1-7(2)12(13)17-10-5-6-11(18(14,15)16)9(4)8(10)3;1-2-3-7(4,5)6;1-2-6(3,4)5/h4*1-15H;1H2,2-4H3,(H,16,17,18);5-6H,1H2,2-4H3,(H,14,15,16);2H,1,3H2,(H,4,5,6);2H,1H2,(H,3,4,5)/q4*+1;;;;/p-4. The predicted octanol–water partition coefficient (Wildman–Crippen LogP) is 22.2. The first-order valence-corrected chi connectivity index (χ1v) is 49.3. The first kappa shape index (κ1) is 102. The molecule has 0 aliphatic heterocycles. The van der Waals surface area contributed by atoms with Crippen LogP contribution in [0.15, 0.2) is 494 Å². The van der Waals surface area contributed by atoms with Crippen LogP contribution in [0.4, 0.5) is 8.78 Å². The Morgan fingerprint density at radius 2 is 0.528 bits per heavy atom. The summed E-state index contributed by atoms with van der Waals surface area (Å²) in [5.41, 5.74) is 0.407. The van der Waals surface area contributed by atoms with Gasteiger partial charge in [-0.2, -0.15) is 4.39 Å². The summed E-state index contributed by atoms with van der Waals surface area (Å²) in [6.45, 7) is 20.7. The van der Waals surface area contributed by atoms with Crippen molar-refractivity contribution < 1.29 is 79.7 Å². The molecule has 16 nitrogen and oxygen atoms in total. The molecule has 0 saturated carbocycles. The summed E-state index contributed by atoms with van der Waals surface area (Å²) in [7, 11) is -18.0. The van der Waals surface area contributed by atoms with Gasteiger partial charge in [0.2, 0.25) is 5.82 Å². The van der Waals surface area contributed by atoms with Crippen molar-refractivity contribution in [3.8, 4) is 11.5 Å². The molecule has 0 radical (unpaired) electrons. The Hall–Kier alpha value is -12.1. The van der Waals surface area contributed by atoms with Crippen LogP contribution in [0.5, 0.6) is 11.5 Å². The van der Waals surface area contributed by atoms with Crippen molar-refractivity contribution in [3.63, 3.8) is 0 Å². The molecule has 26 heteroatoms. The summed E-state index contributed by atoms with van der Waals surface area (Å²) in [6.07, 6.45) is 1.06. The molecule has 0 aromatic heterocycles. The maximum atomic E-state index is 13.8. The molecule has 0 heterocycles. The van der Waals surface area contributed by atoms with Gasteiger partial charge in [0, 0.05) is 16.6 Å². The molecular weight excluding hydrogens is 1760 g/mol. The summed E-state index contributed by atoms with van der Waals surface area (Å²) in [6, 6.07) is 131. The number of ether oxygens (including phenoxy) is 2. The van der Waals surface area contributed by atoms with Crippen molar-refractivity contribution >= 4 is 96.0 Å². The SMILES string of the molecule is C=C(C)C(=O)Oc1c(C)c(C)c(S(=O)(=O)[O-])c(F)c1F.C=C(C)C(=O)Oc1ccc(S(=O)(=O)[O-])c(C)c1C.C=CCS(=O)(=O)[O-].C=CS(=O)(=O)[O-].c1ccc([S+](c2ccccc2)c2ccccc2)cc1.c1ccc([S+](c2ccccc2)c2ccccc2)cc1.c1ccc([S+](c2ccccc2)c2ccccc2)cc1.c1ccc([S+](c2ccccc2)c2ccccc2)cc1. The Morgan fingerprint density at radius 3 is 0.693 bits per heavy atom. The lowest BCUT2D eigenvalue weighted by atomic mass is 10.1. The molecule has 0 atom stereocenters. The van der Waals surface area contributed by atoms with E-state index in [0.29, 0.717) is 11.0 Å². The van der Waals surface area contributed by atoms with Crippen LogP contribution in [0.3, 0.4) is 0 Å². The summed E-state index contributed by atoms with van der Waals surface area (Å²) in [4.78, 5) is 37.4.